The molecule has 3 aromatic rings. The van der Waals surface area contributed by atoms with Gasteiger partial charge >= 0.3 is 12.1 Å². The maximum atomic E-state index is 13.2. The molecule has 0 aliphatic carbocycles. The van der Waals surface area contributed by atoms with E-state index in [-0.39, 0.29) is 39.6 Å². The van der Waals surface area contributed by atoms with Crippen molar-refractivity contribution in [3.8, 4) is 34.5 Å². The minimum atomic E-state index is -4.69. The molecule has 0 saturated carbocycles. The van der Waals surface area contributed by atoms with Gasteiger partial charge in [-0.3, -0.25) is 9.78 Å². The Morgan fingerprint density at radius 1 is 1.14 bits per heavy atom. The van der Waals surface area contributed by atoms with Crippen molar-refractivity contribution in [3.05, 3.63) is 76.1 Å². The molecule has 0 aliphatic heterocycles. The first-order valence-electron chi connectivity index (χ1n) is 10.6. The number of ether oxygens (including phenoxy) is 2. The summed E-state index contributed by atoms with van der Waals surface area (Å²) in [4.78, 5) is 27.7. The van der Waals surface area contributed by atoms with Gasteiger partial charge in [-0.1, -0.05) is 35.7 Å². The summed E-state index contributed by atoms with van der Waals surface area (Å²) in [6, 6.07) is 10.3. The molecule has 0 aliphatic rings. The van der Waals surface area contributed by atoms with Gasteiger partial charge in [0, 0.05) is 41.1 Å². The number of alkyl halides is 3. The fraction of sp³-hybridized carbons (Fsp3) is 0.192. The third kappa shape index (κ3) is 6.71. The molecule has 1 aromatic heterocycles. The van der Waals surface area contributed by atoms with Crippen molar-refractivity contribution >= 4 is 23.5 Å². The Kier molecular flexibility index (Phi) is 8.63. The highest BCUT2D eigenvalue weighted by atomic mass is 35.5. The minimum absolute atomic E-state index is 0.00805. The highest BCUT2D eigenvalue weighted by Gasteiger charge is 2.33. The molecular formula is C26H20ClF3N2O5. The number of carbonyl (C=O) groups excluding carboxylic acids is 1. The van der Waals surface area contributed by atoms with Crippen LogP contribution in [0.4, 0.5) is 13.2 Å². The fourth-order valence-corrected chi connectivity index (χ4v) is 3.64. The number of halogens is 4. The third-order valence-electron chi connectivity index (χ3n) is 5.04. The number of nitrogens with zero attached hydrogens (tertiary/aromatic N) is 1. The van der Waals surface area contributed by atoms with Gasteiger partial charge in [0.05, 0.1) is 17.7 Å². The van der Waals surface area contributed by atoms with Crippen LogP contribution in [0.15, 0.2) is 48.7 Å². The molecule has 2 N–H and O–H groups in total. The second-order valence-electron chi connectivity index (χ2n) is 7.49. The lowest BCUT2D eigenvalue weighted by Crippen LogP contribution is -2.24. The van der Waals surface area contributed by atoms with Gasteiger partial charge in [0.1, 0.15) is 17.2 Å². The zero-order valence-corrected chi connectivity index (χ0v) is 20.3. The second kappa shape index (κ2) is 11.7. The van der Waals surface area contributed by atoms with Gasteiger partial charge in [-0.25, -0.2) is 4.79 Å². The van der Waals surface area contributed by atoms with Gasteiger partial charge < -0.3 is 19.9 Å². The first-order valence-corrected chi connectivity index (χ1v) is 11.0. The van der Waals surface area contributed by atoms with E-state index in [0.29, 0.717) is 11.3 Å². The van der Waals surface area contributed by atoms with Gasteiger partial charge in [0.2, 0.25) is 0 Å². The van der Waals surface area contributed by atoms with Crippen molar-refractivity contribution < 1.29 is 37.3 Å². The van der Waals surface area contributed by atoms with Crippen LogP contribution in [0.3, 0.4) is 0 Å². The molecule has 0 atom stereocenters. The Bertz CT molecular complexity index is 1400. The fourth-order valence-electron chi connectivity index (χ4n) is 3.38. The number of carboxylic acid groups (broad SMARTS) is 1. The number of aromatic nitrogens is 1. The Hall–Kier alpha value is -4.23. The van der Waals surface area contributed by atoms with Crippen LogP contribution in [0, 0.1) is 11.8 Å². The summed E-state index contributed by atoms with van der Waals surface area (Å²) in [7, 11) is 1.48. The number of amides is 1. The molecule has 37 heavy (non-hydrogen) atoms. The van der Waals surface area contributed by atoms with Crippen molar-refractivity contribution in [2.24, 2.45) is 0 Å². The SMILES string of the molecule is CC#Cc1cc(C(F)(F)F)ncc1-c1cc(C(=O)NCc2ccccc2OC)c(OCC(=O)O)cc1Cl. The molecule has 7 nitrogen and oxygen atoms in total. The van der Waals surface area contributed by atoms with E-state index in [1.54, 1.807) is 24.3 Å². The molecule has 0 unspecified atom stereocenters. The van der Waals surface area contributed by atoms with Crippen molar-refractivity contribution in [2.75, 3.05) is 13.7 Å². The van der Waals surface area contributed by atoms with Gasteiger partial charge in [-0.15, -0.1) is 5.92 Å². The number of pyridine rings is 1. The van der Waals surface area contributed by atoms with Crippen LogP contribution in [0.1, 0.15) is 34.1 Å². The second-order valence-corrected chi connectivity index (χ2v) is 7.90. The lowest BCUT2D eigenvalue weighted by atomic mass is 9.98. The topological polar surface area (TPSA) is 97.8 Å². The largest absolute Gasteiger partial charge is 0.496 e. The quantitative estimate of drug-likeness (QED) is 0.387. The van der Waals surface area contributed by atoms with E-state index in [4.69, 9.17) is 26.2 Å². The smallest absolute Gasteiger partial charge is 0.433 e. The van der Waals surface area contributed by atoms with Crippen LogP contribution in [-0.4, -0.2) is 35.7 Å². The molecule has 3 rings (SSSR count). The molecule has 0 radical (unpaired) electrons. The Morgan fingerprint density at radius 2 is 1.86 bits per heavy atom. The van der Waals surface area contributed by atoms with Crippen LogP contribution in [0.25, 0.3) is 11.1 Å². The van der Waals surface area contributed by atoms with Crippen LogP contribution in [-0.2, 0) is 17.5 Å². The van der Waals surface area contributed by atoms with Crippen molar-refractivity contribution in [2.45, 2.75) is 19.6 Å². The minimum Gasteiger partial charge on any atom is -0.496 e. The van der Waals surface area contributed by atoms with E-state index in [0.717, 1.165) is 12.3 Å². The monoisotopic (exact) mass is 532 g/mol. The molecule has 2 aromatic carbocycles. The number of aliphatic carboxylic acids is 1. The highest BCUT2D eigenvalue weighted by molar-refractivity contribution is 6.33. The number of hydrogen-bond donors (Lipinski definition) is 2. The third-order valence-corrected chi connectivity index (χ3v) is 5.35. The number of para-hydroxylation sites is 1. The summed E-state index contributed by atoms with van der Waals surface area (Å²) in [5.74, 6) is 3.64. The predicted octanol–water partition coefficient (Wildman–Crippen LogP) is 5.19. The van der Waals surface area contributed by atoms with Crippen LogP contribution < -0.4 is 14.8 Å². The van der Waals surface area contributed by atoms with E-state index in [9.17, 15) is 22.8 Å². The van der Waals surface area contributed by atoms with E-state index in [1.165, 1.54) is 26.2 Å². The zero-order valence-electron chi connectivity index (χ0n) is 19.6. The average Bonchev–Trinajstić information content (AvgIpc) is 2.86. The van der Waals surface area contributed by atoms with E-state index >= 15 is 0 Å². The molecule has 11 heteroatoms. The van der Waals surface area contributed by atoms with Crippen molar-refractivity contribution in [1.29, 1.82) is 0 Å². The molecule has 0 fully saturated rings. The maximum Gasteiger partial charge on any atom is 0.433 e. The maximum absolute atomic E-state index is 13.2. The molecule has 0 saturated heterocycles. The molecular weight excluding hydrogens is 513 g/mol. The summed E-state index contributed by atoms with van der Waals surface area (Å²) < 4.78 is 50.2. The van der Waals surface area contributed by atoms with Gasteiger partial charge in [-0.05, 0) is 25.1 Å². The number of rotatable bonds is 8. The van der Waals surface area contributed by atoms with Crippen LogP contribution >= 0.6 is 11.6 Å². The lowest BCUT2D eigenvalue weighted by Gasteiger charge is -2.16. The number of carbonyl (C=O) groups is 2. The summed E-state index contributed by atoms with van der Waals surface area (Å²) in [6.45, 7) is 0.767. The summed E-state index contributed by atoms with van der Waals surface area (Å²) >= 11 is 6.40. The number of methoxy groups -OCH3 is 1. The highest BCUT2D eigenvalue weighted by Crippen LogP contribution is 2.37. The molecule has 1 heterocycles. The number of nitrogens with one attached hydrogen (secondary N) is 1. The van der Waals surface area contributed by atoms with E-state index in [1.807, 2.05) is 0 Å². The lowest BCUT2D eigenvalue weighted by molar-refractivity contribution is -0.141. The number of carboxylic acids is 1. The summed E-state index contributed by atoms with van der Waals surface area (Å²) in [6.07, 6.45) is -3.72. The molecule has 0 bridgehead atoms. The van der Waals surface area contributed by atoms with Crippen molar-refractivity contribution in [1.82, 2.24) is 10.3 Å². The Balaban J connectivity index is 2.08. The van der Waals surface area contributed by atoms with Gasteiger partial charge in [0.25, 0.3) is 5.91 Å². The van der Waals surface area contributed by atoms with Gasteiger partial charge in [-0.2, -0.15) is 13.2 Å². The first-order chi connectivity index (χ1) is 17.5. The van der Waals surface area contributed by atoms with Crippen LogP contribution in [0.2, 0.25) is 5.02 Å². The Labute approximate surface area is 215 Å². The van der Waals surface area contributed by atoms with Crippen molar-refractivity contribution in [3.63, 3.8) is 0 Å². The predicted molar refractivity (Wildman–Crippen MR) is 130 cm³/mol. The number of hydrogen-bond acceptors (Lipinski definition) is 5. The zero-order chi connectivity index (χ0) is 27.2. The number of benzene rings is 2. The summed E-state index contributed by atoms with van der Waals surface area (Å²) in [5.41, 5.74) is -0.256. The molecule has 0 spiro atoms. The molecule has 1 amide bonds. The van der Waals surface area contributed by atoms with Gasteiger partial charge in [0.15, 0.2) is 6.61 Å². The average molecular weight is 533 g/mol. The van der Waals surface area contributed by atoms with E-state index in [2.05, 4.69) is 22.1 Å². The van der Waals surface area contributed by atoms with E-state index < -0.39 is 30.4 Å². The Morgan fingerprint density at radius 3 is 2.51 bits per heavy atom. The summed E-state index contributed by atoms with van der Waals surface area (Å²) in [5, 5.41) is 11.7. The normalized spacial score (nSPS) is 10.8. The standard InChI is InChI=1S/C26H20ClF3N2O5/c1-3-6-15-9-23(26(28,29)30)31-13-19(15)17-10-18(22(11-20(17)27)37-14-24(33)34)25(35)32-12-16-7-4-5-8-21(16)36-2/h4-5,7-11,13H,12,14H2,1-2H3,(H,32,35)(H,33,34). The van der Waals surface area contributed by atoms with Crippen LogP contribution in [0.5, 0.6) is 11.5 Å². The first kappa shape index (κ1) is 27.4. The molecule has 192 valence electrons.